The van der Waals surface area contributed by atoms with Gasteiger partial charge in [-0.25, -0.2) is 4.39 Å². The second-order valence-corrected chi connectivity index (χ2v) is 2.53. The van der Waals surface area contributed by atoms with E-state index in [1.54, 1.807) is 18.2 Å². The van der Waals surface area contributed by atoms with Crippen molar-refractivity contribution in [1.82, 2.24) is 5.32 Å². The highest BCUT2D eigenvalue weighted by molar-refractivity contribution is 5.76. The first kappa shape index (κ1) is 9.67. The van der Waals surface area contributed by atoms with Crippen LogP contribution in [-0.4, -0.2) is 17.6 Å². The monoisotopic (exact) mass is 183 g/mol. The summed E-state index contributed by atoms with van der Waals surface area (Å²) in [6.45, 7) is -0.472. The Bertz CT molecular complexity index is 301. The molecule has 0 radical (unpaired) electrons. The Balaban J connectivity index is 2.54. The molecule has 2 N–H and O–H groups in total. The molecule has 0 aromatic heterocycles. The molecule has 0 bridgehead atoms. The molecule has 0 atom stereocenters. The molecule has 0 aliphatic rings. The van der Waals surface area contributed by atoms with Crippen molar-refractivity contribution < 1.29 is 14.3 Å². The third-order valence-corrected chi connectivity index (χ3v) is 1.58. The molecule has 70 valence electrons. The fourth-order valence-electron chi connectivity index (χ4n) is 0.891. The third kappa shape index (κ3) is 2.83. The van der Waals surface area contributed by atoms with Gasteiger partial charge in [0.2, 0.25) is 5.91 Å². The van der Waals surface area contributed by atoms with Gasteiger partial charge >= 0.3 is 0 Å². The zero-order valence-corrected chi connectivity index (χ0v) is 6.96. The molecule has 3 nitrogen and oxygen atoms in total. The minimum atomic E-state index is -0.575. The normalized spacial score (nSPS) is 9.69. The molecule has 0 saturated heterocycles. The van der Waals surface area contributed by atoms with Gasteiger partial charge in [0.25, 0.3) is 0 Å². The van der Waals surface area contributed by atoms with Crippen LogP contribution in [-0.2, 0) is 11.3 Å². The average molecular weight is 183 g/mol. The van der Waals surface area contributed by atoms with E-state index in [1.807, 2.05) is 0 Å². The number of benzene rings is 1. The van der Waals surface area contributed by atoms with E-state index in [1.165, 1.54) is 6.07 Å². The topological polar surface area (TPSA) is 49.3 Å². The molecule has 0 unspecified atom stereocenters. The molecular weight excluding hydrogens is 173 g/mol. The lowest BCUT2D eigenvalue weighted by Crippen LogP contribution is -2.25. The van der Waals surface area contributed by atoms with Crippen LogP contribution in [0.15, 0.2) is 24.3 Å². The van der Waals surface area contributed by atoms with Crippen molar-refractivity contribution in [2.75, 3.05) is 6.61 Å². The van der Waals surface area contributed by atoms with Gasteiger partial charge < -0.3 is 10.4 Å². The van der Waals surface area contributed by atoms with Gasteiger partial charge in [-0.05, 0) is 6.07 Å². The summed E-state index contributed by atoms with van der Waals surface area (Å²) < 4.78 is 12.9. The van der Waals surface area contributed by atoms with E-state index < -0.39 is 12.5 Å². The van der Waals surface area contributed by atoms with Gasteiger partial charge in [0, 0.05) is 12.1 Å². The summed E-state index contributed by atoms with van der Waals surface area (Å²) in [5.74, 6) is -0.871. The van der Waals surface area contributed by atoms with E-state index in [-0.39, 0.29) is 12.4 Å². The van der Waals surface area contributed by atoms with Gasteiger partial charge in [-0.2, -0.15) is 0 Å². The highest BCUT2D eigenvalue weighted by Gasteiger charge is 2.02. The zero-order valence-electron chi connectivity index (χ0n) is 6.96. The van der Waals surface area contributed by atoms with Crippen LogP contribution in [0.1, 0.15) is 5.56 Å². The highest BCUT2D eigenvalue weighted by Crippen LogP contribution is 2.04. The Labute approximate surface area is 75.2 Å². The predicted octanol–water partition coefficient (Wildman–Crippen LogP) is 0.434. The van der Waals surface area contributed by atoms with E-state index in [0.29, 0.717) is 5.56 Å². The van der Waals surface area contributed by atoms with E-state index in [4.69, 9.17) is 5.11 Å². The van der Waals surface area contributed by atoms with Crippen LogP contribution in [0.3, 0.4) is 0 Å². The second-order valence-electron chi connectivity index (χ2n) is 2.53. The van der Waals surface area contributed by atoms with Crippen molar-refractivity contribution >= 4 is 5.91 Å². The summed E-state index contributed by atoms with van der Waals surface area (Å²) in [7, 11) is 0. The number of hydrogen-bond acceptors (Lipinski definition) is 2. The maximum atomic E-state index is 12.9. The summed E-state index contributed by atoms with van der Waals surface area (Å²) in [6, 6.07) is 6.16. The molecule has 1 rings (SSSR count). The molecule has 1 aromatic carbocycles. The molecule has 1 aromatic rings. The molecule has 0 aliphatic heterocycles. The number of nitrogens with one attached hydrogen (secondary N) is 1. The lowest BCUT2D eigenvalue weighted by Gasteiger charge is -2.03. The average Bonchev–Trinajstić information content (AvgIpc) is 2.16. The summed E-state index contributed by atoms with van der Waals surface area (Å²) >= 11 is 0. The molecule has 0 spiro atoms. The summed E-state index contributed by atoms with van der Waals surface area (Å²) in [5, 5.41) is 10.7. The SMILES string of the molecule is O=C(CO)NCc1ccccc1F. The van der Waals surface area contributed by atoms with Gasteiger partial charge in [-0.3, -0.25) is 4.79 Å². The number of rotatable bonds is 3. The van der Waals surface area contributed by atoms with Crippen molar-refractivity contribution in [3.8, 4) is 0 Å². The fourth-order valence-corrected chi connectivity index (χ4v) is 0.891. The summed E-state index contributed by atoms with van der Waals surface area (Å²) in [6.07, 6.45) is 0. The number of aliphatic hydroxyl groups is 1. The number of carbonyl (C=O) groups excluding carboxylic acids is 1. The minimum Gasteiger partial charge on any atom is -0.387 e. The van der Waals surface area contributed by atoms with Crippen LogP contribution in [0.5, 0.6) is 0 Å². The van der Waals surface area contributed by atoms with Gasteiger partial charge in [-0.15, -0.1) is 0 Å². The number of hydrogen-bond donors (Lipinski definition) is 2. The van der Waals surface area contributed by atoms with Crippen LogP contribution in [0.2, 0.25) is 0 Å². The van der Waals surface area contributed by atoms with Crippen LogP contribution in [0, 0.1) is 5.82 Å². The second kappa shape index (κ2) is 4.57. The van der Waals surface area contributed by atoms with Crippen molar-refractivity contribution in [3.05, 3.63) is 35.6 Å². The first-order chi connectivity index (χ1) is 6.24. The van der Waals surface area contributed by atoms with Gasteiger partial charge in [-0.1, -0.05) is 18.2 Å². The molecule has 0 heterocycles. The first-order valence-corrected chi connectivity index (χ1v) is 3.85. The van der Waals surface area contributed by atoms with Crippen LogP contribution in [0.4, 0.5) is 4.39 Å². The smallest absolute Gasteiger partial charge is 0.245 e. The van der Waals surface area contributed by atoms with E-state index in [0.717, 1.165) is 0 Å². The van der Waals surface area contributed by atoms with Crippen LogP contribution >= 0.6 is 0 Å². The van der Waals surface area contributed by atoms with Crippen LogP contribution < -0.4 is 5.32 Å². The Morgan fingerprint density at radius 3 is 2.77 bits per heavy atom. The molecule has 1 amide bonds. The van der Waals surface area contributed by atoms with Gasteiger partial charge in [0.15, 0.2) is 0 Å². The third-order valence-electron chi connectivity index (χ3n) is 1.58. The van der Waals surface area contributed by atoms with Crippen molar-refractivity contribution in [2.24, 2.45) is 0 Å². The number of aliphatic hydroxyl groups excluding tert-OH is 1. The van der Waals surface area contributed by atoms with Gasteiger partial charge in [0.05, 0.1) is 0 Å². The zero-order chi connectivity index (χ0) is 9.68. The Morgan fingerprint density at radius 1 is 1.46 bits per heavy atom. The lowest BCUT2D eigenvalue weighted by molar-refractivity contribution is -0.123. The summed E-state index contributed by atoms with van der Waals surface area (Å²) in [5.41, 5.74) is 0.407. The Hall–Kier alpha value is -1.42. The first-order valence-electron chi connectivity index (χ1n) is 3.85. The molecule has 0 aliphatic carbocycles. The Kier molecular flexibility index (Phi) is 3.40. The molecular formula is C9H10FNO2. The largest absolute Gasteiger partial charge is 0.387 e. The maximum Gasteiger partial charge on any atom is 0.245 e. The number of amides is 1. The molecule has 0 fully saturated rings. The summed E-state index contributed by atoms with van der Waals surface area (Å²) in [4.78, 5) is 10.6. The predicted molar refractivity (Wildman–Crippen MR) is 45.3 cm³/mol. The number of halogens is 1. The quantitative estimate of drug-likeness (QED) is 0.714. The van der Waals surface area contributed by atoms with E-state index >= 15 is 0 Å². The van der Waals surface area contributed by atoms with Crippen LogP contribution in [0.25, 0.3) is 0 Å². The van der Waals surface area contributed by atoms with Crippen molar-refractivity contribution in [2.45, 2.75) is 6.54 Å². The minimum absolute atomic E-state index is 0.103. The standard InChI is InChI=1S/C9H10FNO2/c10-8-4-2-1-3-7(8)5-11-9(13)6-12/h1-4,12H,5-6H2,(H,11,13). The van der Waals surface area contributed by atoms with E-state index in [2.05, 4.69) is 5.32 Å². The van der Waals surface area contributed by atoms with E-state index in [9.17, 15) is 9.18 Å². The van der Waals surface area contributed by atoms with Crippen molar-refractivity contribution in [3.63, 3.8) is 0 Å². The number of carbonyl (C=O) groups is 1. The molecule has 4 heteroatoms. The lowest BCUT2D eigenvalue weighted by atomic mass is 10.2. The van der Waals surface area contributed by atoms with Crippen molar-refractivity contribution in [1.29, 1.82) is 0 Å². The Morgan fingerprint density at radius 2 is 2.15 bits per heavy atom. The highest BCUT2D eigenvalue weighted by atomic mass is 19.1. The molecule has 13 heavy (non-hydrogen) atoms. The molecule has 0 saturated carbocycles. The fraction of sp³-hybridized carbons (Fsp3) is 0.222. The van der Waals surface area contributed by atoms with Gasteiger partial charge in [0.1, 0.15) is 12.4 Å². The maximum absolute atomic E-state index is 12.9.